The van der Waals surface area contributed by atoms with Crippen LogP contribution in [0.4, 0.5) is 0 Å². The number of ether oxygens (including phenoxy) is 3. The summed E-state index contributed by atoms with van der Waals surface area (Å²) in [7, 11) is 1.66. The second kappa shape index (κ2) is 15.7. The first-order valence-corrected chi connectivity index (χ1v) is 11.4. The fourth-order valence-electron chi connectivity index (χ4n) is 3.53. The second-order valence-electron chi connectivity index (χ2n) is 7.66. The molecule has 1 aliphatic heterocycles. The highest BCUT2D eigenvalue weighted by atomic mass is 127. The van der Waals surface area contributed by atoms with E-state index in [1.54, 1.807) is 7.11 Å². The monoisotopic (exact) mass is 568 g/mol. The highest BCUT2D eigenvalue weighted by Crippen LogP contribution is 2.18. The van der Waals surface area contributed by atoms with Crippen LogP contribution in [0, 0.1) is 0 Å². The first-order chi connectivity index (χ1) is 15.8. The molecule has 0 saturated carbocycles. The number of nitrogens with one attached hydrogen (secondary N) is 2. The van der Waals surface area contributed by atoms with E-state index >= 15 is 0 Å². The van der Waals surface area contributed by atoms with Crippen LogP contribution in [0.3, 0.4) is 0 Å². The molecule has 0 aromatic heterocycles. The first-order valence-electron chi connectivity index (χ1n) is 11.4. The second-order valence-corrected chi connectivity index (χ2v) is 7.66. The molecule has 1 fully saturated rings. The predicted octanol–water partition coefficient (Wildman–Crippen LogP) is 3.67. The van der Waals surface area contributed by atoms with Crippen LogP contribution in [0.2, 0.25) is 0 Å². The molecule has 0 atom stereocenters. The van der Waals surface area contributed by atoms with Crippen molar-refractivity contribution >= 4 is 29.9 Å². The average molecular weight is 569 g/mol. The van der Waals surface area contributed by atoms with Crippen LogP contribution in [-0.2, 0) is 17.8 Å². The lowest BCUT2D eigenvalue weighted by molar-refractivity contribution is 0.0341. The van der Waals surface area contributed by atoms with Crippen molar-refractivity contribution in [3.8, 4) is 11.5 Å². The van der Waals surface area contributed by atoms with Gasteiger partial charge in [-0.2, -0.15) is 0 Å². The molecule has 0 aliphatic carbocycles. The van der Waals surface area contributed by atoms with Crippen molar-refractivity contribution < 1.29 is 14.2 Å². The van der Waals surface area contributed by atoms with Crippen LogP contribution in [0.1, 0.15) is 24.5 Å². The number of morpholine rings is 1. The number of benzene rings is 2. The van der Waals surface area contributed by atoms with Crippen molar-refractivity contribution in [2.45, 2.75) is 26.4 Å². The Morgan fingerprint density at radius 2 is 1.79 bits per heavy atom. The zero-order chi connectivity index (χ0) is 22.4. The Labute approximate surface area is 214 Å². The van der Waals surface area contributed by atoms with E-state index in [2.05, 4.69) is 46.7 Å². The quantitative estimate of drug-likeness (QED) is 0.187. The maximum Gasteiger partial charge on any atom is 0.191 e. The molecule has 2 aromatic carbocycles. The third kappa shape index (κ3) is 9.77. The number of guanidine groups is 1. The maximum absolute atomic E-state index is 5.81. The Bertz CT molecular complexity index is 844. The lowest BCUT2D eigenvalue weighted by Crippen LogP contribution is -2.38. The van der Waals surface area contributed by atoms with Crippen LogP contribution >= 0.6 is 24.0 Å². The summed E-state index contributed by atoms with van der Waals surface area (Å²) >= 11 is 0. The van der Waals surface area contributed by atoms with Crippen molar-refractivity contribution in [3.63, 3.8) is 0 Å². The first kappa shape index (κ1) is 27.2. The van der Waals surface area contributed by atoms with Gasteiger partial charge in [-0.25, -0.2) is 4.99 Å². The summed E-state index contributed by atoms with van der Waals surface area (Å²) < 4.78 is 16.5. The van der Waals surface area contributed by atoms with Gasteiger partial charge in [-0.1, -0.05) is 30.3 Å². The summed E-state index contributed by atoms with van der Waals surface area (Å²) in [5, 5.41) is 6.74. The van der Waals surface area contributed by atoms with Crippen LogP contribution in [0.5, 0.6) is 11.5 Å². The number of methoxy groups -OCH3 is 1. The highest BCUT2D eigenvalue weighted by molar-refractivity contribution is 14.0. The van der Waals surface area contributed by atoms with Crippen molar-refractivity contribution in [3.05, 3.63) is 59.7 Å². The van der Waals surface area contributed by atoms with Gasteiger partial charge in [-0.3, -0.25) is 4.90 Å². The molecule has 1 saturated heterocycles. The van der Waals surface area contributed by atoms with Gasteiger partial charge in [0.15, 0.2) is 5.96 Å². The van der Waals surface area contributed by atoms with Gasteiger partial charge in [0.25, 0.3) is 0 Å². The molecule has 7 nitrogen and oxygen atoms in total. The Morgan fingerprint density at radius 3 is 2.55 bits per heavy atom. The number of aliphatic imine (C=N–C) groups is 1. The number of hydrogen-bond acceptors (Lipinski definition) is 5. The molecule has 3 rings (SSSR count). The van der Waals surface area contributed by atoms with Crippen molar-refractivity contribution in [1.29, 1.82) is 0 Å². The van der Waals surface area contributed by atoms with E-state index in [1.165, 1.54) is 11.1 Å². The van der Waals surface area contributed by atoms with E-state index in [9.17, 15) is 0 Å². The summed E-state index contributed by atoms with van der Waals surface area (Å²) in [4.78, 5) is 7.25. The van der Waals surface area contributed by atoms with Crippen LogP contribution in [0.15, 0.2) is 53.5 Å². The zero-order valence-corrected chi connectivity index (χ0v) is 22.0. The predicted molar refractivity (Wildman–Crippen MR) is 144 cm³/mol. The molecule has 2 aromatic rings. The minimum absolute atomic E-state index is 0. The van der Waals surface area contributed by atoms with E-state index in [0.717, 1.165) is 69.8 Å². The molecule has 33 heavy (non-hydrogen) atoms. The van der Waals surface area contributed by atoms with E-state index in [1.807, 2.05) is 24.3 Å². The van der Waals surface area contributed by atoms with Crippen molar-refractivity contribution in [1.82, 2.24) is 15.5 Å². The van der Waals surface area contributed by atoms with Crippen LogP contribution in [0.25, 0.3) is 0 Å². The normalized spacial score (nSPS) is 14.3. The third-order valence-electron chi connectivity index (χ3n) is 5.29. The van der Waals surface area contributed by atoms with Gasteiger partial charge < -0.3 is 24.8 Å². The fraction of sp³-hybridized carbons (Fsp3) is 0.480. The summed E-state index contributed by atoms with van der Waals surface area (Å²) in [5.74, 6) is 2.45. The van der Waals surface area contributed by atoms with Gasteiger partial charge in [0.1, 0.15) is 11.5 Å². The topological polar surface area (TPSA) is 67.4 Å². The zero-order valence-electron chi connectivity index (χ0n) is 19.7. The maximum atomic E-state index is 5.81. The Hall–Kier alpha value is -2.04. The van der Waals surface area contributed by atoms with Gasteiger partial charge in [-0.15, -0.1) is 24.0 Å². The molecule has 0 spiro atoms. The molecular weight excluding hydrogens is 531 g/mol. The molecule has 2 N–H and O–H groups in total. The average Bonchev–Trinajstić information content (AvgIpc) is 2.84. The SMILES string of the molecule is CCNC(=NCc1ccccc1CN1CCOCC1)NCCCOc1cccc(OC)c1.I. The van der Waals surface area contributed by atoms with Crippen molar-refractivity contribution in [2.24, 2.45) is 4.99 Å². The minimum atomic E-state index is 0. The molecule has 8 heteroatoms. The van der Waals surface area contributed by atoms with Crippen molar-refractivity contribution in [2.75, 3.05) is 53.1 Å². The third-order valence-corrected chi connectivity index (χ3v) is 5.29. The number of hydrogen-bond donors (Lipinski definition) is 2. The number of rotatable bonds is 11. The Balaban J connectivity index is 0.00000385. The summed E-state index contributed by atoms with van der Waals surface area (Å²) in [6, 6.07) is 16.2. The molecule has 0 amide bonds. The molecule has 0 radical (unpaired) electrons. The van der Waals surface area contributed by atoms with Gasteiger partial charge in [0, 0.05) is 38.8 Å². The van der Waals surface area contributed by atoms with E-state index in [0.29, 0.717) is 13.2 Å². The molecule has 0 bridgehead atoms. The standard InChI is InChI=1S/C25H36N4O3.HI/c1-3-26-25(27-12-7-15-32-24-11-6-10-23(18-24)30-2)28-19-21-8-4-5-9-22(21)20-29-13-16-31-17-14-29;/h4-6,8-11,18H,3,7,12-17,19-20H2,1-2H3,(H2,26,27,28);1H. The molecular formula is C25H37IN4O3. The number of halogens is 1. The highest BCUT2D eigenvalue weighted by Gasteiger charge is 2.12. The molecule has 182 valence electrons. The lowest BCUT2D eigenvalue weighted by Gasteiger charge is -2.27. The van der Waals surface area contributed by atoms with Gasteiger partial charge >= 0.3 is 0 Å². The lowest BCUT2D eigenvalue weighted by atomic mass is 10.1. The smallest absolute Gasteiger partial charge is 0.191 e. The minimum Gasteiger partial charge on any atom is -0.497 e. The summed E-state index contributed by atoms with van der Waals surface area (Å²) in [6.45, 7) is 9.51. The molecule has 1 heterocycles. The van der Waals surface area contributed by atoms with Gasteiger partial charge in [0.05, 0.1) is 33.5 Å². The fourth-order valence-corrected chi connectivity index (χ4v) is 3.53. The van der Waals surface area contributed by atoms with E-state index in [4.69, 9.17) is 19.2 Å². The van der Waals surface area contributed by atoms with Crippen LogP contribution in [-0.4, -0.2) is 64.0 Å². The van der Waals surface area contributed by atoms with Crippen LogP contribution < -0.4 is 20.1 Å². The largest absolute Gasteiger partial charge is 0.497 e. The summed E-state index contributed by atoms with van der Waals surface area (Å²) in [6.07, 6.45) is 0.870. The molecule has 0 unspecified atom stereocenters. The van der Waals surface area contributed by atoms with E-state index in [-0.39, 0.29) is 24.0 Å². The molecule has 1 aliphatic rings. The number of nitrogens with zero attached hydrogens (tertiary/aromatic N) is 2. The summed E-state index contributed by atoms with van der Waals surface area (Å²) in [5.41, 5.74) is 2.60. The van der Waals surface area contributed by atoms with E-state index < -0.39 is 0 Å². The van der Waals surface area contributed by atoms with Gasteiger partial charge in [0.2, 0.25) is 0 Å². The Kier molecular flexibility index (Phi) is 13.0. The Morgan fingerprint density at radius 1 is 1.03 bits per heavy atom. The van der Waals surface area contributed by atoms with Gasteiger partial charge in [-0.05, 0) is 36.6 Å².